The highest BCUT2D eigenvalue weighted by atomic mass is 16.4. The number of aliphatic carboxylic acids is 1. The molecule has 0 aliphatic carbocycles. The quantitative estimate of drug-likeness (QED) is 0.707. The molecule has 0 spiro atoms. The lowest BCUT2D eigenvalue weighted by Gasteiger charge is -2.35. The highest BCUT2D eigenvalue weighted by molar-refractivity contribution is 5.82. The van der Waals surface area contributed by atoms with Crippen molar-refractivity contribution in [3.8, 4) is 0 Å². The van der Waals surface area contributed by atoms with E-state index in [1.807, 2.05) is 13.8 Å². The molecule has 6 heteroatoms. The van der Waals surface area contributed by atoms with E-state index in [2.05, 4.69) is 29.5 Å². The summed E-state index contributed by atoms with van der Waals surface area (Å²) in [5.74, 6) is -0.703. The molecule has 6 nitrogen and oxygen atoms in total. The van der Waals surface area contributed by atoms with Crippen LogP contribution in [0.1, 0.15) is 33.6 Å². The number of urea groups is 1. The summed E-state index contributed by atoms with van der Waals surface area (Å²) in [6, 6.07) is -1.10. The topological polar surface area (TPSA) is 81.7 Å². The van der Waals surface area contributed by atoms with E-state index in [1.54, 1.807) is 0 Å². The number of nitrogens with zero attached hydrogens (tertiary/aromatic N) is 1. The van der Waals surface area contributed by atoms with Gasteiger partial charge < -0.3 is 20.6 Å². The number of hydrogen-bond acceptors (Lipinski definition) is 3. The SMILES string of the molecule is CCC(C)[C@H](NC(=O)NC1CCN(C)CC1C)C(=O)O. The third kappa shape index (κ3) is 4.67. The molecule has 2 amide bonds. The average molecular weight is 285 g/mol. The molecule has 1 aliphatic rings. The molecule has 3 unspecified atom stereocenters. The van der Waals surface area contributed by atoms with E-state index in [9.17, 15) is 9.59 Å². The van der Waals surface area contributed by atoms with E-state index in [0.717, 1.165) is 19.5 Å². The van der Waals surface area contributed by atoms with Crippen LogP contribution in [0.15, 0.2) is 0 Å². The van der Waals surface area contributed by atoms with Crippen LogP contribution in [0.2, 0.25) is 0 Å². The van der Waals surface area contributed by atoms with E-state index in [4.69, 9.17) is 5.11 Å². The first-order chi connectivity index (χ1) is 9.35. The van der Waals surface area contributed by atoms with Crippen LogP contribution in [0.4, 0.5) is 4.79 Å². The molecular weight excluding hydrogens is 258 g/mol. The number of likely N-dealkylation sites (tertiary alicyclic amines) is 1. The number of carboxylic acids is 1. The van der Waals surface area contributed by atoms with Gasteiger partial charge in [0, 0.05) is 12.6 Å². The van der Waals surface area contributed by atoms with Crippen molar-refractivity contribution in [2.45, 2.75) is 45.7 Å². The molecule has 1 fully saturated rings. The summed E-state index contributed by atoms with van der Waals surface area (Å²) in [7, 11) is 2.07. The number of piperidine rings is 1. The zero-order valence-corrected chi connectivity index (χ0v) is 12.8. The second-order valence-electron chi connectivity index (χ2n) is 5.95. The highest BCUT2D eigenvalue weighted by Gasteiger charge is 2.29. The van der Waals surface area contributed by atoms with Gasteiger partial charge in [-0.05, 0) is 31.8 Å². The van der Waals surface area contributed by atoms with Gasteiger partial charge in [0.15, 0.2) is 0 Å². The highest BCUT2D eigenvalue weighted by Crippen LogP contribution is 2.15. The monoisotopic (exact) mass is 285 g/mol. The first-order valence-electron chi connectivity index (χ1n) is 7.33. The molecule has 0 bridgehead atoms. The van der Waals surface area contributed by atoms with Gasteiger partial charge in [-0.3, -0.25) is 0 Å². The zero-order valence-electron chi connectivity index (χ0n) is 12.8. The minimum absolute atomic E-state index is 0.0897. The second kappa shape index (κ2) is 7.47. The maximum atomic E-state index is 12.0. The predicted octanol–water partition coefficient (Wildman–Crippen LogP) is 1.13. The number of rotatable bonds is 5. The largest absolute Gasteiger partial charge is 0.480 e. The lowest BCUT2D eigenvalue weighted by atomic mass is 9.94. The van der Waals surface area contributed by atoms with Crippen molar-refractivity contribution in [1.82, 2.24) is 15.5 Å². The standard InChI is InChI=1S/C14H27N3O3/c1-5-9(2)12(13(18)19)16-14(20)15-11-6-7-17(4)8-10(11)3/h9-12H,5-8H2,1-4H3,(H,18,19)(H2,15,16,20)/t9?,10?,11?,12-/m0/s1. The van der Waals surface area contributed by atoms with Crippen molar-refractivity contribution in [1.29, 1.82) is 0 Å². The Balaban J connectivity index is 2.51. The molecular formula is C14H27N3O3. The smallest absolute Gasteiger partial charge is 0.326 e. The van der Waals surface area contributed by atoms with Crippen LogP contribution in [0.5, 0.6) is 0 Å². The Kier molecular flexibility index (Phi) is 6.26. The third-order valence-electron chi connectivity index (χ3n) is 4.19. The Morgan fingerprint density at radius 3 is 2.60 bits per heavy atom. The number of carboxylic acid groups (broad SMARTS) is 1. The van der Waals surface area contributed by atoms with Gasteiger partial charge in [0.1, 0.15) is 6.04 Å². The summed E-state index contributed by atoms with van der Waals surface area (Å²) >= 11 is 0. The van der Waals surface area contributed by atoms with Gasteiger partial charge in [-0.1, -0.05) is 27.2 Å². The minimum Gasteiger partial charge on any atom is -0.480 e. The van der Waals surface area contributed by atoms with Crippen molar-refractivity contribution in [2.24, 2.45) is 11.8 Å². The molecule has 1 saturated heterocycles. The van der Waals surface area contributed by atoms with Gasteiger partial charge in [0.25, 0.3) is 0 Å². The molecule has 1 rings (SSSR count). The second-order valence-corrected chi connectivity index (χ2v) is 5.95. The van der Waals surface area contributed by atoms with E-state index < -0.39 is 12.0 Å². The van der Waals surface area contributed by atoms with E-state index in [0.29, 0.717) is 12.3 Å². The van der Waals surface area contributed by atoms with Gasteiger partial charge in [-0.2, -0.15) is 0 Å². The number of nitrogens with one attached hydrogen (secondary N) is 2. The van der Waals surface area contributed by atoms with Gasteiger partial charge >= 0.3 is 12.0 Å². The summed E-state index contributed by atoms with van der Waals surface area (Å²) in [6.45, 7) is 7.74. The Hall–Kier alpha value is -1.30. The van der Waals surface area contributed by atoms with Crippen molar-refractivity contribution in [3.63, 3.8) is 0 Å². The fraction of sp³-hybridized carbons (Fsp3) is 0.857. The van der Waals surface area contributed by atoms with Crippen molar-refractivity contribution in [3.05, 3.63) is 0 Å². The summed E-state index contributed by atoms with van der Waals surface area (Å²) in [6.07, 6.45) is 1.61. The molecule has 0 aromatic rings. The molecule has 1 heterocycles. The van der Waals surface area contributed by atoms with Gasteiger partial charge in [0.2, 0.25) is 0 Å². The molecule has 20 heavy (non-hydrogen) atoms. The van der Waals surface area contributed by atoms with Crippen LogP contribution in [0, 0.1) is 11.8 Å². The normalized spacial score (nSPS) is 26.6. The minimum atomic E-state index is -0.981. The maximum absolute atomic E-state index is 12.0. The Morgan fingerprint density at radius 2 is 2.10 bits per heavy atom. The summed E-state index contributed by atoms with van der Waals surface area (Å²) in [5, 5.41) is 14.7. The third-order valence-corrected chi connectivity index (χ3v) is 4.19. The molecule has 0 saturated carbocycles. The van der Waals surface area contributed by atoms with Crippen LogP contribution in [0.3, 0.4) is 0 Å². The van der Waals surface area contributed by atoms with Gasteiger partial charge in [-0.25, -0.2) is 9.59 Å². The molecule has 116 valence electrons. The number of amides is 2. The number of carbonyl (C=O) groups is 2. The Labute approximate surface area is 120 Å². The van der Waals surface area contributed by atoms with Crippen LogP contribution in [0.25, 0.3) is 0 Å². The maximum Gasteiger partial charge on any atom is 0.326 e. The van der Waals surface area contributed by atoms with E-state index >= 15 is 0 Å². The Bertz CT molecular complexity index is 349. The lowest BCUT2D eigenvalue weighted by molar-refractivity contribution is -0.140. The zero-order chi connectivity index (χ0) is 15.3. The van der Waals surface area contributed by atoms with Crippen LogP contribution in [-0.4, -0.2) is 54.2 Å². The molecule has 3 N–H and O–H groups in total. The van der Waals surface area contributed by atoms with Crippen LogP contribution in [-0.2, 0) is 4.79 Å². The van der Waals surface area contributed by atoms with Gasteiger partial charge in [0.05, 0.1) is 0 Å². The molecule has 0 radical (unpaired) electrons. The summed E-state index contributed by atoms with van der Waals surface area (Å²) in [5.41, 5.74) is 0. The number of hydrogen-bond donors (Lipinski definition) is 3. The van der Waals surface area contributed by atoms with Crippen LogP contribution < -0.4 is 10.6 Å². The molecule has 4 atom stereocenters. The fourth-order valence-corrected chi connectivity index (χ4v) is 2.60. The number of carbonyl (C=O) groups excluding carboxylic acids is 1. The molecule has 0 aromatic heterocycles. The average Bonchev–Trinajstić information content (AvgIpc) is 2.38. The first kappa shape index (κ1) is 16.8. The van der Waals surface area contributed by atoms with Crippen molar-refractivity contribution < 1.29 is 14.7 Å². The Morgan fingerprint density at radius 1 is 1.45 bits per heavy atom. The summed E-state index contributed by atoms with van der Waals surface area (Å²) in [4.78, 5) is 25.4. The van der Waals surface area contributed by atoms with Crippen molar-refractivity contribution in [2.75, 3.05) is 20.1 Å². The van der Waals surface area contributed by atoms with Crippen molar-refractivity contribution >= 4 is 12.0 Å². The first-order valence-corrected chi connectivity index (χ1v) is 7.33. The van der Waals surface area contributed by atoms with Gasteiger partial charge in [-0.15, -0.1) is 0 Å². The van der Waals surface area contributed by atoms with Crippen LogP contribution >= 0.6 is 0 Å². The van der Waals surface area contributed by atoms with E-state index in [1.165, 1.54) is 0 Å². The summed E-state index contributed by atoms with van der Waals surface area (Å²) < 4.78 is 0. The van der Waals surface area contributed by atoms with E-state index in [-0.39, 0.29) is 18.0 Å². The fourth-order valence-electron chi connectivity index (χ4n) is 2.60. The molecule has 0 aromatic carbocycles. The predicted molar refractivity (Wildman–Crippen MR) is 77.6 cm³/mol. The molecule has 1 aliphatic heterocycles. The lowest BCUT2D eigenvalue weighted by Crippen LogP contribution is -2.55.